The number of rotatable bonds is 2. The van der Waals surface area contributed by atoms with Crippen molar-refractivity contribution in [2.75, 3.05) is 0 Å². The van der Waals surface area contributed by atoms with E-state index in [4.69, 9.17) is 33.0 Å². The minimum absolute atomic E-state index is 0.0950. The van der Waals surface area contributed by atoms with Crippen molar-refractivity contribution in [2.24, 2.45) is 5.10 Å². The maximum absolute atomic E-state index is 12.7. The van der Waals surface area contributed by atoms with Crippen LogP contribution in [0.3, 0.4) is 0 Å². The van der Waals surface area contributed by atoms with Crippen molar-refractivity contribution >= 4 is 52.0 Å². The molecular formula is C25H17Cl2N3O2S. The first kappa shape index (κ1) is 20.7. The summed E-state index contributed by atoms with van der Waals surface area (Å²) in [6.45, 7) is 0. The number of carbonyl (C=O) groups excluding carboxylic acids is 1. The number of hydrogen-bond donors (Lipinski definition) is 1. The Hall–Kier alpha value is -2.93. The number of nitrogens with zero attached hydrogens (tertiary/aromatic N) is 2. The van der Waals surface area contributed by atoms with Crippen LogP contribution in [0.25, 0.3) is 6.08 Å². The van der Waals surface area contributed by atoms with Gasteiger partial charge in [0.25, 0.3) is 5.24 Å². The van der Waals surface area contributed by atoms with E-state index < -0.39 is 5.85 Å². The molecule has 0 unspecified atom stereocenters. The standard InChI is InChI=1S/C25H17Cl2N3O2S/c26-18-11-6-9-16(23(18)27)13-22-25(28-24(31)33-22)30-20(17-10-4-5-12-21(17)32-25)14-19(29-30)15-7-2-1-3-8-15/h1-13,20H,14H2,(H,28,31)/b22-13-/t20-,25+/m0/s1. The Bertz CT molecular complexity index is 1340. The molecule has 0 aromatic heterocycles. The quantitative estimate of drug-likeness (QED) is 0.432. The summed E-state index contributed by atoms with van der Waals surface area (Å²) >= 11 is 13.8. The zero-order valence-corrected chi connectivity index (χ0v) is 19.5. The molecule has 8 heteroatoms. The first-order valence-electron chi connectivity index (χ1n) is 10.4. The minimum atomic E-state index is -1.27. The summed E-state index contributed by atoms with van der Waals surface area (Å²) in [5, 5.41) is 10.5. The Balaban J connectivity index is 1.53. The number of para-hydroxylation sites is 1. The van der Waals surface area contributed by atoms with Gasteiger partial charge in [0.2, 0.25) is 0 Å². The van der Waals surface area contributed by atoms with E-state index in [1.54, 1.807) is 6.07 Å². The summed E-state index contributed by atoms with van der Waals surface area (Å²) in [6, 6.07) is 23.3. The van der Waals surface area contributed by atoms with Crippen molar-refractivity contribution in [1.82, 2.24) is 10.3 Å². The van der Waals surface area contributed by atoms with Crippen molar-refractivity contribution < 1.29 is 9.53 Å². The van der Waals surface area contributed by atoms with E-state index in [-0.39, 0.29) is 11.3 Å². The van der Waals surface area contributed by atoms with Crippen LogP contribution in [0.5, 0.6) is 5.75 Å². The number of fused-ring (bicyclic) bond motifs is 4. The Kier molecular flexibility index (Phi) is 4.91. The van der Waals surface area contributed by atoms with E-state index >= 15 is 0 Å². The lowest BCUT2D eigenvalue weighted by Gasteiger charge is -2.45. The molecule has 2 atom stereocenters. The predicted molar refractivity (Wildman–Crippen MR) is 133 cm³/mol. The van der Waals surface area contributed by atoms with E-state index in [2.05, 4.69) is 5.32 Å². The zero-order chi connectivity index (χ0) is 22.6. The number of ether oxygens (including phenoxy) is 1. The fourth-order valence-electron chi connectivity index (χ4n) is 4.44. The molecular weight excluding hydrogens is 477 g/mol. The van der Waals surface area contributed by atoms with E-state index in [1.807, 2.05) is 77.8 Å². The summed E-state index contributed by atoms with van der Waals surface area (Å²) in [7, 11) is 0. The van der Waals surface area contributed by atoms with Gasteiger partial charge in [-0.1, -0.05) is 83.9 Å². The molecule has 0 radical (unpaired) electrons. The number of halogens is 2. The Morgan fingerprint density at radius 1 is 1.06 bits per heavy atom. The summed E-state index contributed by atoms with van der Waals surface area (Å²) in [5.74, 6) is -0.558. The van der Waals surface area contributed by atoms with Crippen molar-refractivity contribution in [2.45, 2.75) is 18.3 Å². The number of carbonyl (C=O) groups is 1. The second kappa shape index (κ2) is 7.83. The first-order chi connectivity index (χ1) is 16.0. The number of benzene rings is 3. The minimum Gasteiger partial charge on any atom is -0.444 e. The van der Waals surface area contributed by atoms with Gasteiger partial charge in [0.1, 0.15) is 5.75 Å². The third kappa shape index (κ3) is 3.32. The average Bonchev–Trinajstić information content (AvgIpc) is 3.40. The number of hydrazone groups is 1. The highest BCUT2D eigenvalue weighted by Gasteiger charge is 2.58. The number of hydrogen-bond acceptors (Lipinski definition) is 5. The Morgan fingerprint density at radius 3 is 2.70 bits per heavy atom. The van der Waals surface area contributed by atoms with Crippen LogP contribution in [0, 0.1) is 0 Å². The number of thioether (sulfide) groups is 1. The summed E-state index contributed by atoms with van der Waals surface area (Å²) in [5.41, 5.74) is 3.71. The lowest BCUT2D eigenvalue weighted by molar-refractivity contribution is -0.0949. The fraction of sp³-hybridized carbons (Fsp3) is 0.120. The van der Waals surface area contributed by atoms with Crippen molar-refractivity contribution in [3.63, 3.8) is 0 Å². The average molecular weight is 494 g/mol. The zero-order valence-electron chi connectivity index (χ0n) is 17.2. The van der Waals surface area contributed by atoms with Crippen molar-refractivity contribution in [1.29, 1.82) is 0 Å². The van der Waals surface area contributed by atoms with Gasteiger partial charge < -0.3 is 4.74 Å². The number of nitrogens with one attached hydrogen (secondary N) is 1. The molecule has 3 aromatic rings. The predicted octanol–water partition coefficient (Wildman–Crippen LogP) is 6.69. The van der Waals surface area contributed by atoms with Gasteiger partial charge in [0.05, 0.1) is 26.7 Å². The van der Waals surface area contributed by atoms with Gasteiger partial charge in [-0.25, -0.2) is 5.01 Å². The van der Waals surface area contributed by atoms with E-state index in [1.165, 1.54) is 0 Å². The highest BCUT2D eigenvalue weighted by molar-refractivity contribution is 8.17. The fourth-order valence-corrected chi connectivity index (χ4v) is 5.71. The number of amides is 1. The SMILES string of the molecule is O=C1N[C@]2(Oc3ccccc3[C@@H]3CC(c4ccccc4)=NN32)/C(=C/c2cccc(Cl)c2Cl)S1. The molecule has 3 aromatic carbocycles. The van der Waals surface area contributed by atoms with Crippen LogP contribution in [0.15, 0.2) is 82.8 Å². The van der Waals surface area contributed by atoms with Gasteiger partial charge in [0.15, 0.2) is 0 Å². The molecule has 0 bridgehead atoms. The smallest absolute Gasteiger partial charge is 0.314 e. The molecule has 1 fully saturated rings. The van der Waals surface area contributed by atoms with Gasteiger partial charge >= 0.3 is 5.85 Å². The van der Waals surface area contributed by atoms with Crippen LogP contribution in [0.4, 0.5) is 4.79 Å². The molecule has 1 spiro atoms. The third-order valence-corrected chi connectivity index (χ3v) is 7.69. The van der Waals surface area contributed by atoms with Crippen LogP contribution in [-0.2, 0) is 0 Å². The summed E-state index contributed by atoms with van der Waals surface area (Å²) in [4.78, 5) is 13.4. The van der Waals surface area contributed by atoms with Crippen LogP contribution in [0.2, 0.25) is 10.0 Å². The lowest BCUT2D eigenvalue weighted by atomic mass is 9.95. The molecule has 6 rings (SSSR count). The molecule has 3 aliphatic heterocycles. The van der Waals surface area contributed by atoms with Gasteiger partial charge in [-0.05, 0) is 41.1 Å². The maximum atomic E-state index is 12.7. The molecule has 0 saturated carbocycles. The first-order valence-corrected chi connectivity index (χ1v) is 12.0. The van der Waals surface area contributed by atoms with Crippen LogP contribution in [-0.4, -0.2) is 21.8 Å². The molecule has 1 amide bonds. The van der Waals surface area contributed by atoms with Gasteiger partial charge in [-0.15, -0.1) is 0 Å². The Morgan fingerprint density at radius 2 is 1.85 bits per heavy atom. The molecule has 5 nitrogen and oxygen atoms in total. The molecule has 0 aliphatic carbocycles. The van der Waals surface area contributed by atoms with Crippen LogP contribution in [0.1, 0.15) is 29.2 Å². The largest absolute Gasteiger partial charge is 0.444 e. The summed E-state index contributed by atoms with van der Waals surface area (Å²) in [6.07, 6.45) is 2.54. The monoisotopic (exact) mass is 493 g/mol. The molecule has 33 heavy (non-hydrogen) atoms. The highest BCUT2D eigenvalue weighted by atomic mass is 35.5. The summed E-state index contributed by atoms with van der Waals surface area (Å²) < 4.78 is 6.53. The second-order valence-electron chi connectivity index (χ2n) is 7.93. The highest BCUT2D eigenvalue weighted by Crippen LogP contribution is 2.53. The Labute approximate surface area is 205 Å². The molecule has 1 saturated heterocycles. The second-order valence-corrected chi connectivity index (χ2v) is 9.73. The topological polar surface area (TPSA) is 53.9 Å². The molecule has 164 valence electrons. The van der Waals surface area contributed by atoms with Gasteiger partial charge in [0, 0.05) is 12.0 Å². The molecule has 3 heterocycles. The normalized spacial score (nSPS) is 24.4. The lowest BCUT2D eigenvalue weighted by Crippen LogP contribution is -2.61. The van der Waals surface area contributed by atoms with E-state index in [0.717, 1.165) is 28.6 Å². The molecule has 3 aliphatic rings. The van der Waals surface area contributed by atoms with Crippen molar-refractivity contribution in [3.8, 4) is 5.75 Å². The van der Waals surface area contributed by atoms with Crippen LogP contribution < -0.4 is 10.1 Å². The van der Waals surface area contributed by atoms with E-state index in [9.17, 15) is 4.79 Å². The van der Waals surface area contributed by atoms with Gasteiger partial charge in [-0.2, -0.15) is 5.10 Å². The molecule has 1 N–H and O–H groups in total. The van der Waals surface area contributed by atoms with Crippen molar-refractivity contribution in [3.05, 3.63) is 104 Å². The van der Waals surface area contributed by atoms with Crippen LogP contribution >= 0.6 is 35.0 Å². The third-order valence-electron chi connectivity index (χ3n) is 5.95. The van der Waals surface area contributed by atoms with E-state index in [0.29, 0.717) is 32.7 Å². The maximum Gasteiger partial charge on any atom is 0.314 e. The van der Waals surface area contributed by atoms with Gasteiger partial charge in [-0.3, -0.25) is 10.1 Å².